The van der Waals surface area contributed by atoms with E-state index in [1.807, 2.05) is 0 Å². The van der Waals surface area contributed by atoms with E-state index in [-0.39, 0.29) is 74.9 Å². The Bertz CT molecular complexity index is 2980. The van der Waals surface area contributed by atoms with Crippen LogP contribution in [0.4, 0.5) is 22.7 Å². The number of phenols is 4. The Balaban J connectivity index is 0.000000226. The van der Waals surface area contributed by atoms with E-state index in [1.54, 1.807) is 6.07 Å². The highest BCUT2D eigenvalue weighted by molar-refractivity contribution is 6.03. The van der Waals surface area contributed by atoms with Gasteiger partial charge < -0.3 is 91.0 Å². The molecule has 4 amide bonds. The number of para-hydroxylation sites is 4. The molecule has 82 heavy (non-hydrogen) atoms. The monoisotopic (exact) mass is 1160 g/mol. The number of ether oxygens (including phenoxy) is 3. The number of phenolic OH excluding ortho intramolecular Hbond substituents is 3. The molecule has 0 bridgehead atoms. The number of anilines is 1. The Morgan fingerprint density at radius 2 is 0.976 bits per heavy atom. The summed E-state index contributed by atoms with van der Waals surface area (Å²) in [6, 6.07) is 12.2. The number of aliphatic carboxylic acids is 1. The molecule has 4 aliphatic heterocycles. The lowest BCUT2D eigenvalue weighted by molar-refractivity contribution is -0.386. The zero-order valence-corrected chi connectivity index (χ0v) is 42.3. The summed E-state index contributed by atoms with van der Waals surface area (Å²) in [7, 11) is 0. The molecule has 4 aromatic rings. The molecule has 4 saturated heterocycles. The number of nitrogen functional groups attached to an aromatic ring is 1. The van der Waals surface area contributed by atoms with Gasteiger partial charge in [0, 0.05) is 50.7 Å². The maximum absolute atomic E-state index is 12.4. The molecule has 0 radical (unpaired) electrons. The van der Waals surface area contributed by atoms with Crippen LogP contribution in [0.1, 0.15) is 54.3 Å². The summed E-state index contributed by atoms with van der Waals surface area (Å²) in [5.41, 5.74) is 2.54. The molecule has 0 aliphatic carbocycles. The molecular weight excluding hydrogens is 1110 g/mol. The number of carboxylic acids is 2. The second-order valence-corrected chi connectivity index (χ2v) is 16.8. The minimum Gasteiger partial charge on any atom is -0.505 e. The number of benzene rings is 4. The number of carbonyl (C=O) groups is 7. The molecule has 8 rings (SSSR count). The number of hydroxylamine groups is 2. The number of aromatic carboxylic acids is 1. The van der Waals surface area contributed by atoms with E-state index in [9.17, 15) is 99.7 Å². The number of nitrogens with two attached hydrogens (primary N) is 1. The van der Waals surface area contributed by atoms with Crippen molar-refractivity contribution < 1.29 is 118 Å². The Hall–Kier alpha value is -9.75. The van der Waals surface area contributed by atoms with Gasteiger partial charge in [0.15, 0.2) is 18.3 Å². The molecule has 0 saturated carbocycles. The van der Waals surface area contributed by atoms with Crippen molar-refractivity contribution in [2.24, 2.45) is 0 Å². The zero-order valence-electron chi connectivity index (χ0n) is 42.3. The van der Waals surface area contributed by atoms with Crippen LogP contribution in [-0.4, -0.2) is 212 Å². The number of aliphatic hydroxyl groups excluding tert-OH is 2. The molecule has 4 heterocycles. The van der Waals surface area contributed by atoms with Crippen molar-refractivity contribution in [3.63, 3.8) is 0 Å². The average Bonchev–Trinajstić information content (AvgIpc) is 3.83. The summed E-state index contributed by atoms with van der Waals surface area (Å²) in [6.07, 6.45) is -3.66. The highest BCUT2D eigenvalue weighted by atomic mass is 16.7. The van der Waals surface area contributed by atoms with Gasteiger partial charge in [0.25, 0.3) is 23.6 Å². The fourth-order valence-corrected chi connectivity index (χ4v) is 7.35. The maximum Gasteiger partial charge on any atom is 0.367 e. The van der Waals surface area contributed by atoms with E-state index in [1.165, 1.54) is 41.3 Å². The molecule has 442 valence electrons. The molecule has 4 aliphatic rings. The fourth-order valence-electron chi connectivity index (χ4n) is 7.35. The summed E-state index contributed by atoms with van der Waals surface area (Å²) in [6.45, 7) is 2.31. The number of nitrogens with zero attached hydrogens (tertiary/aromatic N) is 6. The third-order valence-electron chi connectivity index (χ3n) is 11.6. The van der Waals surface area contributed by atoms with Crippen molar-refractivity contribution in [3.8, 4) is 23.0 Å². The zero-order chi connectivity index (χ0) is 61.1. The van der Waals surface area contributed by atoms with Crippen LogP contribution in [-0.2, 0) is 33.4 Å². The number of nitro benzene ring substituents is 3. The number of carboxylic acid groups (broad SMARTS) is 2. The normalized spacial score (nSPS) is 17.5. The van der Waals surface area contributed by atoms with Gasteiger partial charge >= 0.3 is 35.0 Å². The number of morpholine rings is 3. The van der Waals surface area contributed by atoms with E-state index in [2.05, 4.69) is 10.2 Å². The third-order valence-corrected chi connectivity index (χ3v) is 11.6. The number of nitro groups is 3. The molecule has 3 unspecified atom stereocenters. The number of rotatable bonds is 11. The maximum atomic E-state index is 12.4. The minimum absolute atomic E-state index is 0.0342. The van der Waals surface area contributed by atoms with Crippen molar-refractivity contribution in [2.75, 3.05) is 65.0 Å². The number of imide groups is 1. The van der Waals surface area contributed by atoms with Crippen LogP contribution in [0.5, 0.6) is 23.0 Å². The van der Waals surface area contributed by atoms with E-state index in [4.69, 9.17) is 35.3 Å². The molecule has 13 N–H and O–H groups in total. The highest BCUT2D eigenvalue weighted by Gasteiger charge is 2.37. The van der Waals surface area contributed by atoms with Crippen LogP contribution in [0, 0.1) is 30.3 Å². The minimum atomic E-state index is -1.81. The van der Waals surface area contributed by atoms with Gasteiger partial charge in [0.1, 0.15) is 29.3 Å². The van der Waals surface area contributed by atoms with Crippen molar-refractivity contribution >= 4 is 64.3 Å². The largest absolute Gasteiger partial charge is 0.505 e. The lowest BCUT2D eigenvalue weighted by atomic mass is 10.1. The highest BCUT2D eigenvalue weighted by Crippen LogP contribution is 2.33. The molecule has 35 heteroatoms. The number of amides is 4. The Kier molecular flexibility index (Phi) is 23.7. The number of aliphatic hydroxyl groups is 4. The summed E-state index contributed by atoms with van der Waals surface area (Å²) >= 11 is 0. The molecule has 35 nitrogen and oxygen atoms in total. The first-order valence-electron chi connectivity index (χ1n) is 23.5. The number of hydrogen-bond acceptors (Lipinski definition) is 27. The summed E-state index contributed by atoms with van der Waals surface area (Å²) in [4.78, 5) is 116. The van der Waals surface area contributed by atoms with E-state index >= 15 is 0 Å². The number of carbonyl (C=O) groups excluding carboxylic acids is 5. The standard InChI is InChI=1S/C12H14N2O7.C12H16N2O5.C11H8N2O7.C7H5NO5.C5H9NO3/c15-10-7(2-1-3-8(10)14(19)20)11(16)13-4-5-21-6-9(13)12(17)18;13-8-3-1-2-7(10(8)15)11(16)14-4-5-19-6-9(14)12(17)18;14-8-4-5-9(15)12(8)20-11(17)6-2-1-3-7(10(6)16)13(18)19;9-6-4(7(10)11)2-1-3-5(6)8(12)13;7-5(8)4-3-9-2-1-6-4/h1-3,9,12,15,17-18H,4-6H2;1-3,9,12,15,17-18H,4-6,13H2;1-3,16H,4-5H2;1-3,9H,(H,10,11);4,6H,1-3H2,(H,7,8). The Morgan fingerprint density at radius 1 is 0.585 bits per heavy atom. The second kappa shape index (κ2) is 30.0. The topological polar surface area (TPSA) is 536 Å². The van der Waals surface area contributed by atoms with Gasteiger partial charge in [-0.1, -0.05) is 24.3 Å². The predicted molar refractivity (Wildman–Crippen MR) is 268 cm³/mol. The van der Waals surface area contributed by atoms with Gasteiger partial charge in [0.05, 0.1) is 71.2 Å². The molecule has 0 aromatic heterocycles. The predicted octanol–water partition coefficient (Wildman–Crippen LogP) is -0.843. The summed E-state index contributed by atoms with van der Waals surface area (Å²) in [5, 5.41) is 127. The third kappa shape index (κ3) is 16.9. The van der Waals surface area contributed by atoms with Crippen molar-refractivity contribution in [1.29, 1.82) is 0 Å². The smallest absolute Gasteiger partial charge is 0.367 e. The van der Waals surface area contributed by atoms with Crippen LogP contribution in [0.3, 0.4) is 0 Å². The molecule has 4 fully saturated rings. The van der Waals surface area contributed by atoms with Gasteiger partial charge in [-0.15, -0.1) is 5.06 Å². The number of aromatic hydroxyl groups is 4. The first kappa shape index (κ1) is 64.8. The Morgan fingerprint density at radius 3 is 1.37 bits per heavy atom. The quantitative estimate of drug-likeness (QED) is 0.0217. The van der Waals surface area contributed by atoms with Crippen LogP contribution in [0.2, 0.25) is 0 Å². The first-order valence-corrected chi connectivity index (χ1v) is 23.5. The van der Waals surface area contributed by atoms with Gasteiger partial charge in [-0.3, -0.25) is 54.3 Å². The SMILES string of the molecule is Nc1cccc(C(=O)N2CCOCC2C(O)O)c1O.O=C(O)C1COCCN1.O=C(O)c1cccc([N+](=O)[O-])c1O.O=C(ON1C(=O)CCC1=O)c1cccc([N+](=O)[O-])c1O.O=C(c1cccc([N+](=O)[O-])c1O)N1CCOCC1C(O)O. The summed E-state index contributed by atoms with van der Waals surface area (Å²) in [5.74, 6) is -8.83. The van der Waals surface area contributed by atoms with Crippen molar-refractivity contribution in [2.45, 2.75) is 43.5 Å². The fraction of sp³-hybridized carbons (Fsp3) is 0.340. The lowest BCUT2D eigenvalue weighted by Gasteiger charge is -2.36. The summed E-state index contributed by atoms with van der Waals surface area (Å²) < 4.78 is 15.1. The number of hydrogen-bond donors (Lipinski definition) is 12. The van der Waals surface area contributed by atoms with Crippen LogP contribution in [0.15, 0.2) is 72.8 Å². The van der Waals surface area contributed by atoms with Crippen molar-refractivity contribution in [3.05, 3.63) is 125 Å². The molecular formula is C47H52N8O27. The molecule has 3 atom stereocenters. The molecule has 4 aromatic carbocycles. The second-order valence-electron chi connectivity index (χ2n) is 16.8. The van der Waals surface area contributed by atoms with Crippen molar-refractivity contribution in [1.82, 2.24) is 20.2 Å². The number of nitrogens with one attached hydrogen (secondary N) is 1. The molecule has 0 spiro atoms. The van der Waals surface area contributed by atoms with Crippen LogP contribution < -0.4 is 11.1 Å². The average molecular weight is 1160 g/mol. The van der Waals surface area contributed by atoms with Gasteiger partial charge in [-0.25, -0.2) is 9.59 Å². The van der Waals surface area contributed by atoms with Crippen LogP contribution >= 0.6 is 0 Å². The van der Waals surface area contributed by atoms with Gasteiger partial charge in [-0.2, -0.15) is 0 Å². The Labute approximate surface area is 459 Å². The first-order chi connectivity index (χ1) is 38.7. The van der Waals surface area contributed by atoms with E-state index in [0.717, 1.165) is 35.2 Å². The van der Waals surface area contributed by atoms with E-state index < -0.39 is 132 Å². The van der Waals surface area contributed by atoms with E-state index in [0.29, 0.717) is 24.8 Å². The van der Waals surface area contributed by atoms with Gasteiger partial charge in [0.2, 0.25) is 17.2 Å². The van der Waals surface area contributed by atoms with Crippen LogP contribution in [0.25, 0.3) is 0 Å². The van der Waals surface area contributed by atoms with Gasteiger partial charge in [-0.05, 0) is 30.3 Å². The lowest BCUT2D eigenvalue weighted by Crippen LogP contribution is -2.54.